The molecule has 404 valence electrons. The lowest BCUT2D eigenvalue weighted by molar-refractivity contribution is 1.12. The minimum atomic E-state index is 1.08. The molecule has 2 aliphatic rings. The predicted octanol–water partition coefficient (Wildman–Crippen LogP) is 23.5. The quantitative estimate of drug-likeness (QED) is 0.186. The Labute approximate surface area is 508 Å². The number of benzene rings is 12. The Balaban J connectivity index is 0.000000116. The van der Waals surface area contributed by atoms with Gasteiger partial charge in [-0.25, -0.2) is 0 Å². The second kappa shape index (κ2) is 21.2. The molecule has 85 heavy (non-hydrogen) atoms. The van der Waals surface area contributed by atoms with Gasteiger partial charge in [0.15, 0.2) is 0 Å². The van der Waals surface area contributed by atoms with E-state index in [0.717, 1.165) is 55.7 Å². The second-order valence-electron chi connectivity index (χ2n) is 21.2. The first kappa shape index (κ1) is 50.6. The molecule has 0 radical (unpaired) electrons. The lowest BCUT2D eigenvalue weighted by Gasteiger charge is -2.40. The Morgan fingerprint density at radius 1 is 0.282 bits per heavy atom. The summed E-state index contributed by atoms with van der Waals surface area (Å²) in [6.07, 6.45) is 4.19. The smallest absolute Gasteiger partial charge is 0.0703 e. The van der Waals surface area contributed by atoms with Crippen molar-refractivity contribution in [3.05, 3.63) is 308 Å². The first-order chi connectivity index (χ1) is 42.1. The summed E-state index contributed by atoms with van der Waals surface area (Å²) in [7, 11) is 0. The Bertz CT molecular complexity index is 5030. The summed E-state index contributed by atoms with van der Waals surface area (Å²) in [6, 6.07) is 104. The molecule has 2 aliphatic heterocycles. The number of thiophene rings is 2. The number of rotatable bonds is 5. The predicted molar refractivity (Wildman–Crippen MR) is 367 cm³/mol. The van der Waals surface area contributed by atoms with Crippen molar-refractivity contribution in [3.8, 4) is 5.69 Å². The molecular formula is C76H51BrN6S2. The molecule has 0 saturated carbocycles. The molecule has 4 aromatic heterocycles. The van der Waals surface area contributed by atoms with E-state index in [1.807, 2.05) is 28.9 Å². The van der Waals surface area contributed by atoms with Crippen LogP contribution in [0.3, 0.4) is 0 Å². The number of para-hydroxylation sites is 10. The number of nitrogens with zero attached hydrogens (tertiary/aromatic N) is 5. The molecule has 12 aromatic carbocycles. The zero-order valence-electron chi connectivity index (χ0n) is 45.8. The van der Waals surface area contributed by atoms with E-state index in [0.29, 0.717) is 0 Å². The molecule has 0 fully saturated rings. The van der Waals surface area contributed by atoms with Crippen molar-refractivity contribution in [2.45, 2.75) is 0 Å². The number of anilines is 12. The van der Waals surface area contributed by atoms with Crippen molar-refractivity contribution in [2.75, 3.05) is 19.6 Å². The average molecular weight is 1190 g/mol. The molecule has 6 nitrogen and oxygen atoms in total. The fraction of sp³-hybridized carbons (Fsp3) is 0. The zero-order chi connectivity index (χ0) is 56.4. The molecule has 0 unspecified atom stereocenters. The van der Waals surface area contributed by atoms with Crippen LogP contribution in [0.2, 0.25) is 0 Å². The summed E-state index contributed by atoms with van der Waals surface area (Å²) in [5, 5.41) is 7.96. The van der Waals surface area contributed by atoms with Gasteiger partial charge in [-0.1, -0.05) is 137 Å². The van der Waals surface area contributed by atoms with Crippen LogP contribution < -0.4 is 19.6 Å². The molecule has 0 aliphatic carbocycles. The fourth-order valence-corrected chi connectivity index (χ4v) is 14.9. The van der Waals surface area contributed by atoms with Crippen LogP contribution >= 0.6 is 38.6 Å². The molecule has 6 heterocycles. The number of nitrogens with one attached hydrogen (secondary N) is 1. The third-order valence-electron chi connectivity index (χ3n) is 16.2. The molecule has 0 spiro atoms. The van der Waals surface area contributed by atoms with Crippen molar-refractivity contribution in [1.82, 2.24) is 9.55 Å². The van der Waals surface area contributed by atoms with Gasteiger partial charge in [-0.05, 0) is 170 Å². The highest BCUT2D eigenvalue weighted by molar-refractivity contribution is 9.10. The van der Waals surface area contributed by atoms with Crippen LogP contribution in [0.1, 0.15) is 0 Å². The van der Waals surface area contributed by atoms with Crippen LogP contribution in [-0.2, 0) is 0 Å². The first-order valence-electron chi connectivity index (χ1n) is 28.4. The van der Waals surface area contributed by atoms with E-state index in [4.69, 9.17) is 0 Å². The zero-order valence-corrected chi connectivity index (χ0v) is 49.0. The van der Waals surface area contributed by atoms with Gasteiger partial charge in [0.25, 0.3) is 0 Å². The standard InChI is InChI=1S/C38H25N3S.C24H17BrN2.C14H9NS/c1-2-10-28(11-3-1)40-32-13-5-7-15-34(32)41(35-16-8-6-14-33(35)40)29-20-18-27(19-21-29)39-23-22-26-24-31-30-12-4-9-17-37(30)42-38(31)25-36(26)39;25-18-14-16-20(17-15-18)27-23-12-6-4-10-21(23)26(19-8-2-1-3-9-19)22-11-5-7-13-24(22)27;1-2-4-13-10(3-1)11-7-9-5-6-15-12(9)8-14(11)16-13/h1-25H;1-17H;1-8,15H. The van der Waals surface area contributed by atoms with Crippen LogP contribution in [0.5, 0.6) is 0 Å². The van der Waals surface area contributed by atoms with E-state index < -0.39 is 0 Å². The van der Waals surface area contributed by atoms with Gasteiger partial charge < -0.3 is 29.2 Å². The van der Waals surface area contributed by atoms with Crippen LogP contribution in [0, 0.1) is 0 Å². The summed E-state index contributed by atoms with van der Waals surface area (Å²) in [5.41, 5.74) is 17.5. The van der Waals surface area contributed by atoms with Gasteiger partial charge >= 0.3 is 0 Å². The molecule has 9 heteroatoms. The lowest BCUT2D eigenvalue weighted by atomic mass is 10.0. The highest BCUT2D eigenvalue weighted by atomic mass is 79.9. The molecule has 0 atom stereocenters. The SMILES string of the molecule is Brc1ccc(N2c3ccccc3N(c3ccccc3)c3ccccc32)cc1.c1ccc(N2c3ccccc3N(c3ccc(-n4ccc5cc6c(cc54)sc4ccccc46)cc3)c3ccccc32)cc1.c1ccc2c(c1)sc1cc3[nH]ccc3cc12. The molecular weight excluding hydrogens is 1140 g/mol. The van der Waals surface area contributed by atoms with E-state index in [2.05, 4.69) is 342 Å². The average Bonchev–Trinajstić information content (AvgIpc) is 2.83. The summed E-state index contributed by atoms with van der Waals surface area (Å²) < 4.78 is 8.77. The number of aromatic amines is 1. The van der Waals surface area contributed by atoms with Gasteiger partial charge in [-0.3, -0.25) is 0 Å². The number of halogens is 1. The molecule has 0 saturated heterocycles. The fourth-order valence-electron chi connectivity index (χ4n) is 12.4. The monoisotopic (exact) mass is 1190 g/mol. The van der Waals surface area contributed by atoms with Crippen LogP contribution in [0.25, 0.3) is 67.8 Å². The first-order valence-corrected chi connectivity index (χ1v) is 30.8. The van der Waals surface area contributed by atoms with E-state index in [9.17, 15) is 0 Å². The van der Waals surface area contributed by atoms with Crippen molar-refractivity contribution in [1.29, 1.82) is 0 Å². The number of H-pyrrole nitrogens is 1. The maximum absolute atomic E-state index is 3.55. The Kier molecular flexibility index (Phi) is 12.6. The largest absolute Gasteiger partial charge is 0.361 e. The van der Waals surface area contributed by atoms with Crippen molar-refractivity contribution in [3.63, 3.8) is 0 Å². The van der Waals surface area contributed by atoms with Crippen molar-refractivity contribution in [2.24, 2.45) is 0 Å². The summed E-state index contributed by atoms with van der Waals surface area (Å²) in [6.45, 7) is 0. The van der Waals surface area contributed by atoms with Crippen molar-refractivity contribution < 1.29 is 0 Å². The number of hydrogen-bond acceptors (Lipinski definition) is 6. The third kappa shape index (κ3) is 8.91. The lowest BCUT2D eigenvalue weighted by Crippen LogP contribution is -2.23. The second-order valence-corrected chi connectivity index (χ2v) is 24.2. The van der Waals surface area contributed by atoms with Crippen molar-refractivity contribution >= 4 is 169 Å². The Morgan fingerprint density at radius 3 is 1.11 bits per heavy atom. The molecule has 1 N–H and O–H groups in total. The third-order valence-corrected chi connectivity index (χ3v) is 19.0. The van der Waals surface area contributed by atoms with Crippen LogP contribution in [0.15, 0.2) is 308 Å². The van der Waals surface area contributed by atoms with Gasteiger partial charge in [0.2, 0.25) is 0 Å². The van der Waals surface area contributed by atoms with Gasteiger partial charge in [0, 0.05) is 102 Å². The molecule has 18 rings (SSSR count). The van der Waals surface area contributed by atoms with Crippen LogP contribution in [-0.4, -0.2) is 9.55 Å². The summed E-state index contributed by atoms with van der Waals surface area (Å²) in [5.74, 6) is 0. The maximum atomic E-state index is 3.55. The van der Waals surface area contributed by atoms with E-state index in [-0.39, 0.29) is 0 Å². The highest BCUT2D eigenvalue weighted by Crippen LogP contribution is 2.56. The van der Waals surface area contributed by atoms with Gasteiger partial charge in [0.05, 0.1) is 51.0 Å². The van der Waals surface area contributed by atoms with Gasteiger partial charge in [-0.2, -0.15) is 0 Å². The number of hydrogen-bond donors (Lipinski definition) is 1. The molecule has 16 aromatic rings. The van der Waals surface area contributed by atoms with E-state index in [1.165, 1.54) is 84.9 Å². The number of fused-ring (bicyclic) bond motifs is 12. The van der Waals surface area contributed by atoms with E-state index in [1.54, 1.807) is 0 Å². The van der Waals surface area contributed by atoms with Gasteiger partial charge in [0.1, 0.15) is 0 Å². The Morgan fingerprint density at radius 2 is 0.647 bits per heavy atom. The topological polar surface area (TPSA) is 33.7 Å². The highest BCUT2D eigenvalue weighted by Gasteiger charge is 2.32. The minimum absolute atomic E-state index is 1.08. The summed E-state index contributed by atoms with van der Waals surface area (Å²) >= 11 is 7.27. The van der Waals surface area contributed by atoms with Crippen LogP contribution in [0.4, 0.5) is 68.2 Å². The van der Waals surface area contributed by atoms with E-state index >= 15 is 0 Å². The Hall–Kier alpha value is -10.2. The normalized spacial score (nSPS) is 12.4. The van der Waals surface area contributed by atoms with Gasteiger partial charge in [-0.15, -0.1) is 22.7 Å². The molecule has 0 bridgehead atoms. The molecule has 0 amide bonds. The maximum Gasteiger partial charge on any atom is 0.0703 e. The number of aromatic nitrogens is 2. The minimum Gasteiger partial charge on any atom is -0.361 e. The summed E-state index contributed by atoms with van der Waals surface area (Å²) in [4.78, 5) is 12.7.